The van der Waals surface area contributed by atoms with Crippen molar-refractivity contribution >= 4 is 11.2 Å². The van der Waals surface area contributed by atoms with Crippen molar-refractivity contribution in [1.82, 2.24) is 19.5 Å². The summed E-state index contributed by atoms with van der Waals surface area (Å²) in [5.74, 6) is -0.875. The van der Waals surface area contributed by atoms with Crippen molar-refractivity contribution in [3.63, 3.8) is 0 Å². The van der Waals surface area contributed by atoms with E-state index in [1.165, 1.54) is 35.2 Å². The minimum Gasteiger partial charge on any atom is -0.406 e. The van der Waals surface area contributed by atoms with Crippen molar-refractivity contribution in [2.45, 2.75) is 19.3 Å². The quantitative estimate of drug-likeness (QED) is 0.507. The summed E-state index contributed by atoms with van der Waals surface area (Å²) in [5.41, 5.74) is 2.47. The van der Waals surface area contributed by atoms with Gasteiger partial charge in [0.05, 0.1) is 5.69 Å². The highest BCUT2D eigenvalue weighted by Gasteiger charge is 2.31. The second-order valence-corrected chi connectivity index (χ2v) is 6.06. The van der Waals surface area contributed by atoms with Gasteiger partial charge in [0.15, 0.2) is 11.2 Å². The largest absolute Gasteiger partial charge is 0.573 e. The fourth-order valence-corrected chi connectivity index (χ4v) is 2.82. The monoisotopic (exact) mass is 402 g/mol. The molecule has 148 valence electrons. The highest BCUT2D eigenvalue weighted by atomic mass is 19.4. The summed E-state index contributed by atoms with van der Waals surface area (Å²) < 4.78 is 47.4. The maximum atomic E-state index is 12.3. The van der Waals surface area contributed by atoms with E-state index in [-0.39, 0.29) is 5.75 Å². The Morgan fingerprint density at radius 3 is 2.55 bits per heavy atom. The van der Waals surface area contributed by atoms with Gasteiger partial charge in [0.1, 0.15) is 12.1 Å². The van der Waals surface area contributed by atoms with Gasteiger partial charge in [0.25, 0.3) is 0 Å². The van der Waals surface area contributed by atoms with Crippen LogP contribution < -0.4 is 10.5 Å². The van der Waals surface area contributed by atoms with E-state index in [9.17, 15) is 18.0 Å². The lowest BCUT2D eigenvalue weighted by Gasteiger charge is -2.09. The van der Waals surface area contributed by atoms with Crippen LogP contribution in [0, 0.1) is 0 Å². The summed E-state index contributed by atoms with van der Waals surface area (Å²) in [7, 11) is 0. The van der Waals surface area contributed by atoms with Gasteiger partial charge < -0.3 is 9.15 Å². The minimum absolute atomic E-state index is 0.303. The van der Waals surface area contributed by atoms with E-state index >= 15 is 0 Å². The van der Waals surface area contributed by atoms with Crippen LogP contribution in [0.15, 0.2) is 64.2 Å². The lowest BCUT2D eigenvalue weighted by molar-refractivity contribution is -0.274. The Morgan fingerprint density at radius 2 is 1.86 bits per heavy atom. The normalized spacial score (nSPS) is 11.7. The summed E-state index contributed by atoms with van der Waals surface area (Å²) in [6, 6.07) is 10.3. The smallest absolute Gasteiger partial charge is 0.406 e. The summed E-state index contributed by atoms with van der Waals surface area (Å²) in [5, 5.41) is 0. The molecular formula is C19H13F3N4O3. The minimum atomic E-state index is -4.75. The molecule has 4 rings (SSSR count). The second kappa shape index (κ2) is 7.38. The van der Waals surface area contributed by atoms with E-state index in [0.717, 1.165) is 5.69 Å². The average molecular weight is 402 g/mol. The Kier molecular flexibility index (Phi) is 4.75. The first-order chi connectivity index (χ1) is 13.9. The lowest BCUT2D eigenvalue weighted by Crippen LogP contribution is -2.17. The third-order valence-electron chi connectivity index (χ3n) is 4.13. The first-order valence-electron chi connectivity index (χ1n) is 8.50. The van der Waals surface area contributed by atoms with Gasteiger partial charge in [0, 0.05) is 30.4 Å². The fourth-order valence-electron chi connectivity index (χ4n) is 2.82. The third kappa shape index (κ3) is 4.26. The van der Waals surface area contributed by atoms with Crippen LogP contribution in [0.2, 0.25) is 0 Å². The van der Waals surface area contributed by atoms with Gasteiger partial charge in [-0.2, -0.15) is 0 Å². The van der Waals surface area contributed by atoms with Crippen molar-refractivity contribution in [2.24, 2.45) is 0 Å². The van der Waals surface area contributed by atoms with Crippen LogP contribution in [-0.2, 0) is 13.0 Å². The zero-order valence-electron chi connectivity index (χ0n) is 14.8. The SMILES string of the molecule is O=c1oc2ccc(-c3ccc(OC(F)(F)F)cc3)nc2n1CCc1ccncn1. The summed E-state index contributed by atoms with van der Waals surface area (Å²) in [6.07, 6.45) is -1.24. The first-order valence-corrected chi connectivity index (χ1v) is 8.50. The molecule has 3 heterocycles. The zero-order valence-corrected chi connectivity index (χ0v) is 14.8. The van der Waals surface area contributed by atoms with Crippen LogP contribution in [0.5, 0.6) is 5.75 Å². The van der Waals surface area contributed by atoms with Crippen LogP contribution in [0.25, 0.3) is 22.5 Å². The number of ether oxygens (including phenoxy) is 1. The molecule has 1 aromatic carbocycles. The van der Waals surface area contributed by atoms with Crippen molar-refractivity contribution in [2.75, 3.05) is 0 Å². The number of pyridine rings is 1. The number of oxazole rings is 1. The number of alkyl halides is 3. The van der Waals surface area contributed by atoms with Gasteiger partial charge >= 0.3 is 12.1 Å². The summed E-state index contributed by atoms with van der Waals surface area (Å²) in [4.78, 5) is 24.6. The number of benzene rings is 1. The molecule has 0 aliphatic carbocycles. The van der Waals surface area contributed by atoms with Gasteiger partial charge in [-0.05, 0) is 42.5 Å². The number of aromatic nitrogens is 4. The van der Waals surface area contributed by atoms with Gasteiger partial charge in [0.2, 0.25) is 0 Å². The predicted molar refractivity (Wildman–Crippen MR) is 96.1 cm³/mol. The second-order valence-electron chi connectivity index (χ2n) is 6.06. The third-order valence-corrected chi connectivity index (χ3v) is 4.13. The van der Waals surface area contributed by atoms with Crippen LogP contribution in [0.1, 0.15) is 5.69 Å². The zero-order chi connectivity index (χ0) is 20.4. The highest BCUT2D eigenvalue weighted by Crippen LogP contribution is 2.26. The molecule has 0 fully saturated rings. The molecule has 0 saturated carbocycles. The molecule has 0 aliphatic heterocycles. The first kappa shape index (κ1) is 18.7. The van der Waals surface area contributed by atoms with Gasteiger partial charge in [-0.25, -0.2) is 19.7 Å². The van der Waals surface area contributed by atoms with Crippen LogP contribution in [0.3, 0.4) is 0 Å². The Bertz CT molecular complexity index is 1190. The molecule has 0 spiro atoms. The van der Waals surface area contributed by atoms with E-state index in [4.69, 9.17) is 4.42 Å². The highest BCUT2D eigenvalue weighted by molar-refractivity contribution is 5.73. The topological polar surface area (TPSA) is 83.0 Å². The number of rotatable bonds is 5. The van der Waals surface area contributed by atoms with Crippen molar-refractivity contribution in [3.8, 4) is 17.0 Å². The fraction of sp³-hybridized carbons (Fsp3) is 0.158. The maximum absolute atomic E-state index is 12.3. The van der Waals surface area contributed by atoms with Crippen LogP contribution >= 0.6 is 0 Å². The van der Waals surface area contributed by atoms with E-state index in [1.807, 2.05) is 0 Å². The standard InChI is InChI=1S/C19H13F3N4O3/c20-19(21,22)29-14-3-1-12(2-4-14)15-5-6-16-17(25-15)26(18(27)28-16)10-8-13-7-9-23-11-24-13/h1-7,9,11H,8,10H2. The molecule has 7 nitrogen and oxygen atoms in total. The molecule has 0 saturated heterocycles. The Hall–Kier alpha value is -3.69. The number of halogens is 3. The van der Waals surface area contributed by atoms with E-state index in [2.05, 4.69) is 19.7 Å². The molecule has 10 heteroatoms. The summed E-state index contributed by atoms with van der Waals surface area (Å²) >= 11 is 0. The van der Waals surface area contributed by atoms with Crippen LogP contribution in [-0.4, -0.2) is 25.9 Å². The van der Waals surface area contributed by atoms with E-state index in [1.54, 1.807) is 24.4 Å². The molecule has 3 aromatic heterocycles. The molecule has 0 atom stereocenters. The molecule has 0 bridgehead atoms. The molecule has 0 N–H and O–H groups in total. The number of fused-ring (bicyclic) bond motifs is 1. The van der Waals surface area contributed by atoms with E-state index < -0.39 is 12.1 Å². The van der Waals surface area contributed by atoms with Crippen molar-refractivity contribution < 1.29 is 22.3 Å². The van der Waals surface area contributed by atoms with E-state index in [0.29, 0.717) is 35.5 Å². The molecule has 29 heavy (non-hydrogen) atoms. The lowest BCUT2D eigenvalue weighted by atomic mass is 10.1. The number of aryl methyl sites for hydroxylation is 2. The molecule has 0 radical (unpaired) electrons. The van der Waals surface area contributed by atoms with Gasteiger partial charge in [-0.3, -0.25) is 4.57 Å². The number of nitrogens with zero attached hydrogens (tertiary/aromatic N) is 4. The summed E-state index contributed by atoms with van der Waals surface area (Å²) in [6.45, 7) is 0.303. The number of hydrogen-bond donors (Lipinski definition) is 0. The Balaban J connectivity index is 1.62. The molecule has 4 aromatic rings. The number of hydrogen-bond acceptors (Lipinski definition) is 6. The van der Waals surface area contributed by atoms with Crippen molar-refractivity contribution in [3.05, 3.63) is 71.2 Å². The maximum Gasteiger partial charge on any atom is 0.573 e. The molecule has 0 aliphatic rings. The Morgan fingerprint density at radius 1 is 1.07 bits per heavy atom. The van der Waals surface area contributed by atoms with Crippen LogP contribution in [0.4, 0.5) is 13.2 Å². The van der Waals surface area contributed by atoms with Gasteiger partial charge in [-0.15, -0.1) is 13.2 Å². The molecular weight excluding hydrogens is 389 g/mol. The molecule has 0 unspecified atom stereocenters. The van der Waals surface area contributed by atoms with Crippen molar-refractivity contribution in [1.29, 1.82) is 0 Å². The predicted octanol–water partition coefficient (Wildman–Crippen LogP) is 3.59. The molecule has 0 amide bonds. The average Bonchev–Trinajstić information content (AvgIpc) is 3.01. The Labute approximate surface area is 161 Å². The van der Waals surface area contributed by atoms with Gasteiger partial charge in [-0.1, -0.05) is 0 Å².